The maximum absolute atomic E-state index is 13.3. The van der Waals surface area contributed by atoms with Crippen LogP contribution in [0, 0.1) is 10.1 Å². The standard InChI is InChI=1S/C32H28N4O7S/c1-42-28-17-8-21(19-29(28)43-2)18-27(35-31(38)22-6-4-3-5-7-22)32(39)34-24-11-15-26(16-12-24)44-20-30(37)33-23-9-13-25(14-10-23)36(40)41/h3-19H,20H2,1-2H3,(H,33,37)(H,34,39)(H,35,38)/b27-18-. The van der Waals surface area contributed by atoms with Crippen LogP contribution >= 0.6 is 11.8 Å². The Morgan fingerprint density at radius 2 is 1.45 bits per heavy atom. The normalized spacial score (nSPS) is 10.8. The second-order valence-electron chi connectivity index (χ2n) is 9.11. The molecule has 3 N–H and O–H groups in total. The Morgan fingerprint density at radius 1 is 0.818 bits per heavy atom. The van der Waals surface area contributed by atoms with Crippen molar-refractivity contribution in [3.8, 4) is 11.5 Å². The van der Waals surface area contributed by atoms with Crippen molar-refractivity contribution < 1.29 is 28.8 Å². The molecule has 12 heteroatoms. The zero-order valence-electron chi connectivity index (χ0n) is 23.7. The number of carbonyl (C=O) groups is 3. The van der Waals surface area contributed by atoms with Gasteiger partial charge in [0.2, 0.25) is 5.91 Å². The van der Waals surface area contributed by atoms with Gasteiger partial charge in [-0.2, -0.15) is 0 Å². The van der Waals surface area contributed by atoms with E-state index in [-0.39, 0.29) is 23.0 Å². The Hall–Kier alpha value is -5.62. The predicted octanol–water partition coefficient (Wildman–Crippen LogP) is 5.75. The van der Waals surface area contributed by atoms with Crippen LogP contribution in [0.25, 0.3) is 6.08 Å². The molecule has 0 atom stereocenters. The SMILES string of the molecule is COc1ccc(/C=C(\NC(=O)c2ccccc2)C(=O)Nc2ccc(SCC(=O)Nc3ccc([N+](=O)[O-])cc3)cc2)cc1OC. The summed E-state index contributed by atoms with van der Waals surface area (Å²) in [6, 6.07) is 26.1. The number of ether oxygens (including phenoxy) is 2. The Kier molecular flexibility index (Phi) is 10.7. The van der Waals surface area contributed by atoms with Gasteiger partial charge < -0.3 is 25.4 Å². The number of rotatable bonds is 12. The Bertz CT molecular complexity index is 1680. The molecule has 4 aromatic rings. The van der Waals surface area contributed by atoms with Gasteiger partial charge in [-0.15, -0.1) is 11.8 Å². The van der Waals surface area contributed by atoms with E-state index in [4.69, 9.17) is 9.47 Å². The van der Waals surface area contributed by atoms with Gasteiger partial charge in [0.25, 0.3) is 17.5 Å². The van der Waals surface area contributed by atoms with E-state index >= 15 is 0 Å². The topological polar surface area (TPSA) is 149 Å². The summed E-state index contributed by atoms with van der Waals surface area (Å²) in [4.78, 5) is 49.6. The average Bonchev–Trinajstić information content (AvgIpc) is 3.04. The van der Waals surface area contributed by atoms with Crippen LogP contribution in [0.3, 0.4) is 0 Å². The number of benzene rings is 4. The smallest absolute Gasteiger partial charge is 0.272 e. The summed E-state index contributed by atoms with van der Waals surface area (Å²) in [6.45, 7) is 0. The number of hydrogen-bond donors (Lipinski definition) is 3. The molecule has 44 heavy (non-hydrogen) atoms. The second-order valence-corrected chi connectivity index (χ2v) is 10.2. The van der Waals surface area contributed by atoms with Crippen molar-refractivity contribution in [1.82, 2.24) is 5.32 Å². The molecule has 0 saturated carbocycles. The third-order valence-electron chi connectivity index (χ3n) is 6.09. The molecule has 4 aromatic carbocycles. The first-order valence-electron chi connectivity index (χ1n) is 13.1. The highest BCUT2D eigenvalue weighted by Crippen LogP contribution is 2.28. The third-order valence-corrected chi connectivity index (χ3v) is 7.10. The van der Waals surface area contributed by atoms with Crippen molar-refractivity contribution in [1.29, 1.82) is 0 Å². The average molecular weight is 613 g/mol. The van der Waals surface area contributed by atoms with Gasteiger partial charge in [-0.1, -0.05) is 24.3 Å². The van der Waals surface area contributed by atoms with Gasteiger partial charge in [0.05, 0.1) is 24.9 Å². The summed E-state index contributed by atoms with van der Waals surface area (Å²) in [5, 5.41) is 19.0. The molecule has 0 fully saturated rings. The van der Waals surface area contributed by atoms with Crippen molar-refractivity contribution in [3.05, 3.63) is 124 Å². The van der Waals surface area contributed by atoms with E-state index in [1.807, 2.05) is 0 Å². The van der Waals surface area contributed by atoms with Gasteiger partial charge in [-0.05, 0) is 72.3 Å². The van der Waals surface area contributed by atoms with Gasteiger partial charge >= 0.3 is 0 Å². The molecule has 0 radical (unpaired) electrons. The number of non-ortho nitro benzene ring substituents is 1. The minimum absolute atomic E-state index is 0.00689. The van der Waals surface area contributed by atoms with Crippen molar-refractivity contribution >= 4 is 52.6 Å². The fraction of sp³-hybridized carbons (Fsp3) is 0.0938. The summed E-state index contributed by atoms with van der Waals surface area (Å²) in [5.41, 5.74) is 1.86. The maximum atomic E-state index is 13.3. The fourth-order valence-corrected chi connectivity index (χ4v) is 4.60. The second kappa shape index (κ2) is 15.0. The van der Waals surface area contributed by atoms with Crippen LogP contribution in [-0.4, -0.2) is 42.6 Å². The van der Waals surface area contributed by atoms with Crippen LogP contribution in [0.4, 0.5) is 17.1 Å². The number of nitro groups is 1. The number of amides is 3. The summed E-state index contributed by atoms with van der Waals surface area (Å²) >= 11 is 1.28. The van der Waals surface area contributed by atoms with E-state index in [0.717, 1.165) is 4.90 Å². The molecular formula is C32H28N4O7S. The van der Waals surface area contributed by atoms with Crippen molar-refractivity contribution in [2.75, 3.05) is 30.6 Å². The highest BCUT2D eigenvalue weighted by Gasteiger charge is 2.16. The van der Waals surface area contributed by atoms with Crippen molar-refractivity contribution in [2.45, 2.75) is 4.90 Å². The number of methoxy groups -OCH3 is 2. The van der Waals surface area contributed by atoms with Gasteiger partial charge in [0.15, 0.2) is 11.5 Å². The summed E-state index contributed by atoms with van der Waals surface area (Å²) < 4.78 is 10.6. The molecule has 0 aliphatic heterocycles. The molecule has 4 rings (SSSR count). The molecule has 0 aliphatic carbocycles. The van der Waals surface area contributed by atoms with Crippen LogP contribution in [0.15, 0.2) is 108 Å². The zero-order valence-corrected chi connectivity index (χ0v) is 24.6. The molecule has 0 saturated heterocycles. The first-order chi connectivity index (χ1) is 21.2. The first kappa shape index (κ1) is 31.3. The first-order valence-corrected chi connectivity index (χ1v) is 14.1. The Morgan fingerprint density at radius 3 is 2.09 bits per heavy atom. The fourth-order valence-electron chi connectivity index (χ4n) is 3.90. The van der Waals surface area contributed by atoms with Crippen LogP contribution in [0.2, 0.25) is 0 Å². The van der Waals surface area contributed by atoms with E-state index in [9.17, 15) is 24.5 Å². The number of nitrogens with one attached hydrogen (secondary N) is 3. The lowest BCUT2D eigenvalue weighted by Crippen LogP contribution is -2.30. The number of nitro benzene ring substituents is 1. The van der Waals surface area contributed by atoms with E-state index in [1.165, 1.54) is 56.3 Å². The van der Waals surface area contributed by atoms with Crippen LogP contribution in [0.1, 0.15) is 15.9 Å². The Balaban J connectivity index is 1.42. The molecule has 0 spiro atoms. The van der Waals surface area contributed by atoms with Gasteiger partial charge in [0, 0.05) is 34.0 Å². The molecule has 3 amide bonds. The highest BCUT2D eigenvalue weighted by molar-refractivity contribution is 8.00. The molecule has 0 aliphatic rings. The molecule has 0 aromatic heterocycles. The quantitative estimate of drug-likeness (QED) is 0.0792. The van der Waals surface area contributed by atoms with Crippen LogP contribution in [-0.2, 0) is 9.59 Å². The number of carbonyl (C=O) groups excluding carboxylic acids is 3. The molecule has 11 nitrogen and oxygen atoms in total. The summed E-state index contributed by atoms with van der Waals surface area (Å²) in [6.07, 6.45) is 1.53. The number of nitrogens with zero attached hydrogens (tertiary/aromatic N) is 1. The third kappa shape index (κ3) is 8.69. The molecular weight excluding hydrogens is 584 g/mol. The monoisotopic (exact) mass is 612 g/mol. The van der Waals surface area contributed by atoms with Crippen LogP contribution < -0.4 is 25.4 Å². The number of hydrogen-bond acceptors (Lipinski definition) is 8. The minimum Gasteiger partial charge on any atom is -0.493 e. The lowest BCUT2D eigenvalue weighted by Gasteiger charge is -2.13. The summed E-state index contributed by atoms with van der Waals surface area (Å²) in [7, 11) is 3.02. The summed E-state index contributed by atoms with van der Waals surface area (Å²) in [5.74, 6) is -0.193. The molecule has 0 unspecified atom stereocenters. The van der Waals surface area contributed by atoms with Crippen LogP contribution in [0.5, 0.6) is 11.5 Å². The van der Waals surface area contributed by atoms with E-state index in [2.05, 4.69) is 16.0 Å². The molecule has 0 bridgehead atoms. The van der Waals surface area contributed by atoms with Gasteiger partial charge in [0.1, 0.15) is 5.70 Å². The molecule has 224 valence electrons. The number of thioether (sulfide) groups is 1. The Labute approximate surface area is 257 Å². The lowest BCUT2D eigenvalue weighted by molar-refractivity contribution is -0.384. The predicted molar refractivity (Wildman–Crippen MR) is 169 cm³/mol. The molecule has 0 heterocycles. The largest absolute Gasteiger partial charge is 0.493 e. The van der Waals surface area contributed by atoms with Crippen molar-refractivity contribution in [3.63, 3.8) is 0 Å². The highest BCUT2D eigenvalue weighted by atomic mass is 32.2. The zero-order chi connectivity index (χ0) is 31.5. The van der Waals surface area contributed by atoms with Gasteiger partial charge in [-0.25, -0.2) is 0 Å². The van der Waals surface area contributed by atoms with Crippen molar-refractivity contribution in [2.24, 2.45) is 0 Å². The van der Waals surface area contributed by atoms with Gasteiger partial charge in [-0.3, -0.25) is 24.5 Å². The minimum atomic E-state index is -0.549. The van der Waals surface area contributed by atoms with E-state index < -0.39 is 16.7 Å². The number of anilines is 2. The van der Waals surface area contributed by atoms with E-state index in [1.54, 1.807) is 72.8 Å². The maximum Gasteiger partial charge on any atom is 0.272 e. The van der Waals surface area contributed by atoms with E-state index in [0.29, 0.717) is 34.0 Å². The lowest BCUT2D eigenvalue weighted by atomic mass is 10.1.